The smallest absolute Gasteiger partial charge is 0.171 e. The number of rotatable bonds is 4. The average molecular weight is 228 g/mol. The molecule has 0 spiro atoms. The summed E-state index contributed by atoms with van der Waals surface area (Å²) in [6.45, 7) is 3.19. The third-order valence-corrected chi connectivity index (χ3v) is 2.53. The van der Waals surface area contributed by atoms with Crippen LogP contribution in [0.2, 0.25) is 0 Å². The lowest BCUT2D eigenvalue weighted by molar-refractivity contribution is 0.0802. The molecular formula is C12H14F2O2. The summed E-state index contributed by atoms with van der Waals surface area (Å²) in [4.78, 5) is 11.8. The van der Waals surface area contributed by atoms with Crippen molar-refractivity contribution in [1.29, 1.82) is 0 Å². The van der Waals surface area contributed by atoms with E-state index in [-0.39, 0.29) is 18.1 Å². The van der Waals surface area contributed by atoms with E-state index in [4.69, 9.17) is 5.11 Å². The van der Waals surface area contributed by atoms with Crippen molar-refractivity contribution in [3.05, 3.63) is 35.4 Å². The Hall–Kier alpha value is -1.29. The third-order valence-electron chi connectivity index (χ3n) is 2.53. The van der Waals surface area contributed by atoms with Crippen LogP contribution in [0.4, 0.5) is 8.78 Å². The molecule has 1 unspecified atom stereocenters. The fourth-order valence-electron chi connectivity index (χ4n) is 1.49. The Bertz CT molecular complexity index is 389. The summed E-state index contributed by atoms with van der Waals surface area (Å²) in [6, 6.07) is 2.81. The van der Waals surface area contributed by atoms with Crippen molar-refractivity contribution in [2.45, 2.75) is 13.8 Å². The molecule has 0 bridgehead atoms. The fourth-order valence-corrected chi connectivity index (χ4v) is 1.49. The first-order chi connectivity index (χ1) is 7.47. The molecule has 0 saturated carbocycles. The van der Waals surface area contributed by atoms with Crippen molar-refractivity contribution in [3.8, 4) is 0 Å². The molecule has 0 radical (unpaired) electrons. The first-order valence-corrected chi connectivity index (χ1v) is 5.07. The lowest BCUT2D eigenvalue weighted by atomic mass is 9.88. The third kappa shape index (κ3) is 2.64. The topological polar surface area (TPSA) is 37.3 Å². The second-order valence-corrected chi connectivity index (χ2v) is 4.02. The van der Waals surface area contributed by atoms with E-state index in [2.05, 4.69) is 0 Å². The minimum absolute atomic E-state index is 0.0954. The fraction of sp³-hybridized carbons (Fsp3) is 0.417. The quantitative estimate of drug-likeness (QED) is 0.803. The summed E-state index contributed by atoms with van der Waals surface area (Å²) in [7, 11) is 0. The number of aliphatic hydroxyl groups is 1. The summed E-state index contributed by atoms with van der Waals surface area (Å²) in [6.07, 6.45) is 0. The SMILES string of the molecule is CC(C)C(CO)C(=O)c1ccc(F)cc1F. The minimum Gasteiger partial charge on any atom is -0.396 e. The van der Waals surface area contributed by atoms with Crippen molar-refractivity contribution in [3.63, 3.8) is 0 Å². The highest BCUT2D eigenvalue weighted by Gasteiger charge is 2.24. The largest absolute Gasteiger partial charge is 0.396 e. The number of halogens is 2. The van der Waals surface area contributed by atoms with Gasteiger partial charge < -0.3 is 5.11 Å². The van der Waals surface area contributed by atoms with E-state index in [1.54, 1.807) is 13.8 Å². The number of ketones is 1. The molecule has 0 amide bonds. The summed E-state index contributed by atoms with van der Waals surface area (Å²) in [5, 5.41) is 9.06. The number of carbonyl (C=O) groups excluding carboxylic acids is 1. The van der Waals surface area contributed by atoms with Gasteiger partial charge >= 0.3 is 0 Å². The van der Waals surface area contributed by atoms with Crippen molar-refractivity contribution >= 4 is 5.78 Å². The van der Waals surface area contributed by atoms with E-state index in [1.807, 2.05) is 0 Å². The molecule has 88 valence electrons. The van der Waals surface area contributed by atoms with Crippen LogP contribution in [0, 0.1) is 23.5 Å². The molecule has 0 aromatic heterocycles. The number of hydrogen-bond acceptors (Lipinski definition) is 2. The first-order valence-electron chi connectivity index (χ1n) is 5.07. The van der Waals surface area contributed by atoms with E-state index < -0.39 is 23.3 Å². The monoisotopic (exact) mass is 228 g/mol. The Morgan fingerprint density at radius 1 is 1.38 bits per heavy atom. The Balaban J connectivity index is 3.04. The minimum atomic E-state index is -0.885. The summed E-state index contributed by atoms with van der Waals surface area (Å²) in [5.41, 5.74) is -0.172. The number of hydrogen-bond donors (Lipinski definition) is 1. The Kier molecular flexibility index (Phi) is 4.12. The van der Waals surface area contributed by atoms with Gasteiger partial charge in [0.15, 0.2) is 5.78 Å². The van der Waals surface area contributed by atoms with Gasteiger partial charge in [-0.25, -0.2) is 8.78 Å². The molecule has 0 aliphatic carbocycles. The molecule has 0 saturated heterocycles. The molecule has 1 aromatic rings. The zero-order valence-corrected chi connectivity index (χ0v) is 9.21. The molecular weight excluding hydrogens is 214 g/mol. The van der Waals surface area contributed by atoms with Crippen molar-refractivity contribution in [1.82, 2.24) is 0 Å². The van der Waals surface area contributed by atoms with Crippen LogP contribution in [0.25, 0.3) is 0 Å². The van der Waals surface area contributed by atoms with Crippen LogP contribution in [-0.2, 0) is 0 Å². The first kappa shape index (κ1) is 12.8. The van der Waals surface area contributed by atoms with Gasteiger partial charge in [0.05, 0.1) is 12.2 Å². The Morgan fingerprint density at radius 2 is 2.00 bits per heavy atom. The molecule has 0 aliphatic rings. The second kappa shape index (κ2) is 5.16. The molecule has 0 aliphatic heterocycles. The maximum absolute atomic E-state index is 13.3. The van der Waals surface area contributed by atoms with Crippen LogP contribution in [0.5, 0.6) is 0 Å². The molecule has 16 heavy (non-hydrogen) atoms. The molecule has 0 fully saturated rings. The Morgan fingerprint density at radius 3 is 2.44 bits per heavy atom. The molecule has 1 atom stereocenters. The predicted molar refractivity (Wildman–Crippen MR) is 56.1 cm³/mol. The number of aliphatic hydroxyl groups excluding tert-OH is 1. The van der Waals surface area contributed by atoms with E-state index >= 15 is 0 Å². The maximum atomic E-state index is 13.3. The highest BCUT2D eigenvalue weighted by Crippen LogP contribution is 2.19. The van der Waals surface area contributed by atoms with Gasteiger partial charge in [-0.3, -0.25) is 4.79 Å². The van der Waals surface area contributed by atoms with Crippen molar-refractivity contribution in [2.24, 2.45) is 11.8 Å². The zero-order valence-electron chi connectivity index (χ0n) is 9.21. The van der Waals surface area contributed by atoms with Gasteiger partial charge in [0.2, 0.25) is 0 Å². The molecule has 1 rings (SSSR count). The van der Waals surface area contributed by atoms with Crippen LogP contribution >= 0.6 is 0 Å². The zero-order chi connectivity index (χ0) is 12.3. The highest BCUT2D eigenvalue weighted by atomic mass is 19.1. The number of carbonyl (C=O) groups is 1. The van der Waals surface area contributed by atoms with Crippen LogP contribution in [-0.4, -0.2) is 17.5 Å². The number of Topliss-reactive ketones (excluding diaryl/α,β-unsaturated/α-hetero) is 1. The number of benzene rings is 1. The van der Waals surface area contributed by atoms with Gasteiger partial charge in [-0.05, 0) is 18.1 Å². The van der Waals surface area contributed by atoms with Crippen LogP contribution in [0.15, 0.2) is 18.2 Å². The summed E-state index contributed by atoms with van der Waals surface area (Å²) >= 11 is 0. The normalized spacial score (nSPS) is 12.9. The van der Waals surface area contributed by atoms with Crippen LogP contribution < -0.4 is 0 Å². The van der Waals surface area contributed by atoms with E-state index in [0.29, 0.717) is 6.07 Å². The van der Waals surface area contributed by atoms with Gasteiger partial charge in [-0.2, -0.15) is 0 Å². The van der Waals surface area contributed by atoms with Gasteiger partial charge in [0.25, 0.3) is 0 Å². The molecule has 1 N–H and O–H groups in total. The van der Waals surface area contributed by atoms with Gasteiger partial charge in [0.1, 0.15) is 11.6 Å². The van der Waals surface area contributed by atoms with Crippen molar-refractivity contribution in [2.75, 3.05) is 6.61 Å². The molecule has 0 heterocycles. The van der Waals surface area contributed by atoms with E-state index in [9.17, 15) is 13.6 Å². The molecule has 4 heteroatoms. The van der Waals surface area contributed by atoms with E-state index in [1.165, 1.54) is 0 Å². The van der Waals surface area contributed by atoms with Crippen LogP contribution in [0.1, 0.15) is 24.2 Å². The summed E-state index contributed by atoms with van der Waals surface area (Å²) in [5.74, 6) is -2.85. The molecule has 1 aromatic carbocycles. The average Bonchev–Trinajstić information content (AvgIpc) is 2.17. The predicted octanol–water partition coefficient (Wildman–Crippen LogP) is 2.41. The standard InChI is InChI=1S/C12H14F2O2/c1-7(2)10(6-15)12(16)9-4-3-8(13)5-11(9)14/h3-5,7,10,15H,6H2,1-2H3. The van der Waals surface area contributed by atoms with Crippen molar-refractivity contribution < 1.29 is 18.7 Å². The lowest BCUT2D eigenvalue weighted by Gasteiger charge is -2.17. The maximum Gasteiger partial charge on any atom is 0.171 e. The van der Waals surface area contributed by atoms with Gasteiger partial charge in [-0.15, -0.1) is 0 Å². The lowest BCUT2D eigenvalue weighted by Crippen LogP contribution is -2.24. The summed E-state index contributed by atoms with van der Waals surface area (Å²) < 4.78 is 26.0. The molecule has 2 nitrogen and oxygen atoms in total. The second-order valence-electron chi connectivity index (χ2n) is 4.02. The highest BCUT2D eigenvalue weighted by molar-refractivity contribution is 5.98. The van der Waals surface area contributed by atoms with Gasteiger partial charge in [-0.1, -0.05) is 13.8 Å². The van der Waals surface area contributed by atoms with Crippen LogP contribution in [0.3, 0.4) is 0 Å². The van der Waals surface area contributed by atoms with Gasteiger partial charge in [0, 0.05) is 12.0 Å². The Labute approximate surface area is 92.9 Å². The van der Waals surface area contributed by atoms with E-state index in [0.717, 1.165) is 12.1 Å².